The number of rotatable bonds is 3. The zero-order valence-electron chi connectivity index (χ0n) is 16.7. The first-order valence-electron chi connectivity index (χ1n) is 9.94. The van der Waals surface area contributed by atoms with Crippen molar-refractivity contribution in [3.8, 4) is 0 Å². The van der Waals surface area contributed by atoms with Crippen molar-refractivity contribution in [3.05, 3.63) is 51.0 Å². The van der Waals surface area contributed by atoms with Crippen LogP contribution in [-0.2, 0) is 13.5 Å². The lowest BCUT2D eigenvalue weighted by molar-refractivity contribution is 0.102. The van der Waals surface area contributed by atoms with Crippen LogP contribution in [0.15, 0.2) is 23.8 Å². The van der Waals surface area contributed by atoms with Crippen molar-refractivity contribution in [2.45, 2.75) is 25.7 Å². The van der Waals surface area contributed by atoms with Gasteiger partial charge in [-0.2, -0.15) is 4.80 Å². The average molecular weight is 443 g/mol. The maximum atomic E-state index is 13.9. The number of amides is 1. The number of halogens is 2. The molecule has 3 aromatic rings. The monoisotopic (exact) mass is 443 g/mol. The highest BCUT2D eigenvalue weighted by Crippen LogP contribution is 2.39. The van der Waals surface area contributed by atoms with E-state index in [0.29, 0.717) is 12.5 Å². The Morgan fingerprint density at radius 2 is 2.10 bits per heavy atom. The van der Waals surface area contributed by atoms with E-state index in [1.165, 1.54) is 27.8 Å². The van der Waals surface area contributed by atoms with Crippen LogP contribution in [0.1, 0.15) is 39.6 Å². The standard InChI is InChI=1S/C20H19F2N7OS/c1-28-26-20(25-27-28)29-8-7-11-3-2-4-16-17(13(11)10-29)31-19(24-16)18(30)23-15-6-5-12(21)9-14(15)22/h5-6,9H,2-4,7-8,10H2,1H3,(H,23,30). The van der Waals surface area contributed by atoms with E-state index in [0.717, 1.165) is 60.5 Å². The number of aromatic nitrogens is 5. The van der Waals surface area contributed by atoms with Gasteiger partial charge in [-0.3, -0.25) is 4.79 Å². The fourth-order valence-electron chi connectivity index (χ4n) is 3.97. The van der Waals surface area contributed by atoms with Crippen LogP contribution in [0.4, 0.5) is 20.4 Å². The Balaban J connectivity index is 1.43. The number of carbonyl (C=O) groups is 1. The maximum absolute atomic E-state index is 13.9. The van der Waals surface area contributed by atoms with E-state index in [2.05, 4.69) is 30.6 Å². The van der Waals surface area contributed by atoms with E-state index in [4.69, 9.17) is 0 Å². The van der Waals surface area contributed by atoms with Gasteiger partial charge in [0.1, 0.15) is 11.6 Å². The molecule has 0 bridgehead atoms. The van der Waals surface area contributed by atoms with Crippen LogP contribution >= 0.6 is 11.3 Å². The molecule has 1 aromatic carbocycles. The molecule has 0 saturated carbocycles. The lowest BCUT2D eigenvalue weighted by Crippen LogP contribution is -2.32. The summed E-state index contributed by atoms with van der Waals surface area (Å²) in [5.74, 6) is -1.45. The molecular formula is C20H19F2N7OS. The summed E-state index contributed by atoms with van der Waals surface area (Å²) >= 11 is 1.31. The van der Waals surface area contributed by atoms with Gasteiger partial charge < -0.3 is 10.2 Å². The molecule has 11 heteroatoms. The Morgan fingerprint density at radius 3 is 2.87 bits per heavy atom. The molecule has 0 saturated heterocycles. The van der Waals surface area contributed by atoms with E-state index in [1.807, 2.05) is 0 Å². The van der Waals surface area contributed by atoms with E-state index in [9.17, 15) is 13.6 Å². The van der Waals surface area contributed by atoms with Crippen molar-refractivity contribution in [1.29, 1.82) is 0 Å². The molecule has 1 N–H and O–H groups in total. The summed E-state index contributed by atoms with van der Waals surface area (Å²) in [6, 6.07) is 3.04. The molecule has 0 unspecified atom stereocenters. The number of carbonyl (C=O) groups excluding carboxylic acids is 1. The summed E-state index contributed by atoms with van der Waals surface area (Å²) in [4.78, 5) is 21.8. The molecule has 1 aliphatic carbocycles. The largest absolute Gasteiger partial charge is 0.334 e. The highest BCUT2D eigenvalue weighted by atomic mass is 32.1. The van der Waals surface area contributed by atoms with Gasteiger partial charge >= 0.3 is 0 Å². The van der Waals surface area contributed by atoms with Crippen LogP contribution in [0.3, 0.4) is 0 Å². The topological polar surface area (TPSA) is 88.8 Å². The second-order valence-electron chi connectivity index (χ2n) is 7.56. The van der Waals surface area contributed by atoms with E-state index in [-0.39, 0.29) is 10.7 Å². The molecule has 5 rings (SSSR count). The number of aryl methyl sites for hydroxylation is 2. The van der Waals surface area contributed by atoms with Gasteiger partial charge in [-0.15, -0.1) is 16.4 Å². The number of anilines is 2. The van der Waals surface area contributed by atoms with Gasteiger partial charge in [0.15, 0.2) is 5.01 Å². The zero-order valence-corrected chi connectivity index (χ0v) is 17.5. The SMILES string of the molecule is Cn1nnc(N2CCC3=C(C2)c2sc(C(=O)Nc4ccc(F)cc4F)nc2CCC3)n1. The van der Waals surface area contributed by atoms with E-state index in [1.54, 1.807) is 7.05 Å². The second kappa shape index (κ2) is 7.80. The zero-order chi connectivity index (χ0) is 21.5. The summed E-state index contributed by atoms with van der Waals surface area (Å²) in [6.07, 6.45) is 3.64. The third-order valence-electron chi connectivity index (χ3n) is 5.48. The minimum absolute atomic E-state index is 0.0748. The average Bonchev–Trinajstić information content (AvgIpc) is 3.33. The molecule has 0 spiro atoms. The van der Waals surface area contributed by atoms with Gasteiger partial charge in [0.05, 0.1) is 23.3 Å². The third kappa shape index (κ3) is 3.80. The first-order chi connectivity index (χ1) is 15.0. The van der Waals surface area contributed by atoms with Crippen LogP contribution in [0.5, 0.6) is 0 Å². The lowest BCUT2D eigenvalue weighted by Gasteiger charge is -2.29. The first kappa shape index (κ1) is 19.7. The first-order valence-corrected chi connectivity index (χ1v) is 10.8. The van der Waals surface area contributed by atoms with Crippen molar-refractivity contribution in [1.82, 2.24) is 25.2 Å². The van der Waals surface area contributed by atoms with Gasteiger partial charge in [-0.25, -0.2) is 13.8 Å². The Labute approximate surface area is 180 Å². The molecule has 8 nitrogen and oxygen atoms in total. The molecule has 0 fully saturated rings. The predicted octanol–water partition coefficient (Wildman–Crippen LogP) is 3.20. The Kier molecular flexibility index (Phi) is 4.97. The summed E-state index contributed by atoms with van der Waals surface area (Å²) in [5, 5.41) is 15.1. The summed E-state index contributed by atoms with van der Waals surface area (Å²) in [7, 11) is 1.73. The number of hydrogen-bond donors (Lipinski definition) is 1. The molecule has 2 aliphatic rings. The van der Waals surface area contributed by atoms with Crippen molar-refractivity contribution in [3.63, 3.8) is 0 Å². The minimum Gasteiger partial charge on any atom is -0.334 e. The summed E-state index contributed by atoms with van der Waals surface area (Å²) in [6.45, 7) is 1.44. The molecular weight excluding hydrogens is 424 g/mol. The normalized spacial score (nSPS) is 16.0. The predicted molar refractivity (Wildman–Crippen MR) is 112 cm³/mol. The number of tetrazole rings is 1. The molecule has 1 amide bonds. The quantitative estimate of drug-likeness (QED) is 0.669. The molecule has 2 aromatic heterocycles. The van der Waals surface area contributed by atoms with Crippen LogP contribution in [0.2, 0.25) is 0 Å². The van der Waals surface area contributed by atoms with Gasteiger partial charge in [-0.1, -0.05) is 10.7 Å². The van der Waals surface area contributed by atoms with Crippen LogP contribution in [0, 0.1) is 11.6 Å². The molecule has 160 valence electrons. The number of hydrogen-bond acceptors (Lipinski definition) is 7. The minimum atomic E-state index is -0.823. The van der Waals surface area contributed by atoms with E-state index < -0.39 is 17.5 Å². The molecule has 0 atom stereocenters. The number of nitrogens with one attached hydrogen (secondary N) is 1. The molecule has 1 aliphatic heterocycles. The number of fused-ring (bicyclic) bond motifs is 2. The van der Waals surface area contributed by atoms with Crippen molar-refractivity contribution < 1.29 is 13.6 Å². The molecule has 31 heavy (non-hydrogen) atoms. The second-order valence-corrected chi connectivity index (χ2v) is 8.56. The highest BCUT2D eigenvalue weighted by molar-refractivity contribution is 7.15. The molecule has 3 heterocycles. The Morgan fingerprint density at radius 1 is 1.23 bits per heavy atom. The van der Waals surface area contributed by atoms with Crippen molar-refractivity contribution >= 4 is 34.5 Å². The number of nitrogens with zero attached hydrogens (tertiary/aromatic N) is 6. The molecule has 0 radical (unpaired) electrons. The fourth-order valence-corrected chi connectivity index (χ4v) is 5.06. The number of benzene rings is 1. The smallest absolute Gasteiger partial charge is 0.284 e. The summed E-state index contributed by atoms with van der Waals surface area (Å²) < 4.78 is 27.1. The van der Waals surface area contributed by atoms with Crippen molar-refractivity contribution in [2.24, 2.45) is 7.05 Å². The van der Waals surface area contributed by atoms with Crippen LogP contribution < -0.4 is 10.2 Å². The summed E-state index contributed by atoms with van der Waals surface area (Å²) in [5.41, 5.74) is 3.35. The highest BCUT2D eigenvalue weighted by Gasteiger charge is 2.29. The van der Waals surface area contributed by atoms with Crippen molar-refractivity contribution in [2.75, 3.05) is 23.3 Å². The van der Waals surface area contributed by atoms with Gasteiger partial charge in [0, 0.05) is 19.2 Å². The fraction of sp³-hybridized carbons (Fsp3) is 0.350. The van der Waals surface area contributed by atoms with Gasteiger partial charge in [0.25, 0.3) is 11.9 Å². The lowest BCUT2D eigenvalue weighted by atomic mass is 9.97. The third-order valence-corrected chi connectivity index (χ3v) is 6.63. The van der Waals surface area contributed by atoms with Gasteiger partial charge in [-0.05, 0) is 48.6 Å². The van der Waals surface area contributed by atoms with Gasteiger partial charge in [0.2, 0.25) is 0 Å². The van der Waals surface area contributed by atoms with Crippen LogP contribution in [-0.4, -0.2) is 44.2 Å². The van der Waals surface area contributed by atoms with Crippen LogP contribution in [0.25, 0.3) is 5.57 Å². The number of thiazole rings is 1. The Bertz CT molecular complexity index is 1200. The Hall–Kier alpha value is -3.21. The van der Waals surface area contributed by atoms with E-state index >= 15 is 0 Å². The maximum Gasteiger partial charge on any atom is 0.284 e.